The maximum atomic E-state index is 11.0. The minimum absolute atomic E-state index is 0.00518. The van der Waals surface area contributed by atoms with E-state index in [0.717, 1.165) is 0 Å². The van der Waals surface area contributed by atoms with Crippen LogP contribution in [-0.4, -0.2) is 12.6 Å². The van der Waals surface area contributed by atoms with Crippen LogP contribution in [0.2, 0.25) is 5.02 Å². The molecule has 0 saturated heterocycles. The fourth-order valence-corrected chi connectivity index (χ4v) is 1.31. The maximum Gasteiger partial charge on any atom is 0.317 e. The van der Waals surface area contributed by atoms with E-state index in [0.29, 0.717) is 22.8 Å². The van der Waals surface area contributed by atoms with Gasteiger partial charge in [0.25, 0.3) is 0 Å². The normalized spacial score (nSPS) is 8.76. The zero-order valence-corrected chi connectivity index (χ0v) is 10.0. The lowest BCUT2D eigenvalue weighted by Crippen LogP contribution is -2.01. The fraction of sp³-hybridized carbons (Fsp3) is 0.231. The van der Waals surface area contributed by atoms with E-state index in [1.807, 2.05) is 6.07 Å². The number of rotatable bonds is 2. The lowest BCUT2D eigenvalue weighted by Gasteiger charge is -1.96. The molecule has 0 aliphatic carbocycles. The predicted molar refractivity (Wildman–Crippen MR) is 64.3 cm³/mol. The number of halogens is 1. The van der Waals surface area contributed by atoms with Crippen molar-refractivity contribution in [1.82, 2.24) is 0 Å². The van der Waals surface area contributed by atoms with Crippen LogP contribution in [0.3, 0.4) is 0 Å². The third kappa shape index (κ3) is 4.18. The van der Waals surface area contributed by atoms with E-state index in [4.69, 9.17) is 21.6 Å². The second-order valence-corrected chi connectivity index (χ2v) is 3.52. The summed E-state index contributed by atoms with van der Waals surface area (Å²) in [4.78, 5) is 11.0. The Hall–Kier alpha value is -1.97. The molecule has 0 aliphatic rings. The van der Waals surface area contributed by atoms with Gasteiger partial charge < -0.3 is 4.74 Å². The van der Waals surface area contributed by atoms with Crippen molar-refractivity contribution in [3.63, 3.8) is 0 Å². The number of esters is 1. The van der Waals surface area contributed by atoms with Gasteiger partial charge in [0.2, 0.25) is 0 Å². The number of nitriles is 1. The molecule has 0 fully saturated rings. The summed E-state index contributed by atoms with van der Waals surface area (Å²) in [6, 6.07) is 6.82. The Bertz CT molecular complexity index is 520. The van der Waals surface area contributed by atoms with Crippen LogP contribution in [0, 0.1) is 23.2 Å². The van der Waals surface area contributed by atoms with Crippen LogP contribution in [0.25, 0.3) is 0 Å². The van der Waals surface area contributed by atoms with Crippen LogP contribution < -0.4 is 0 Å². The molecule has 1 aromatic carbocycles. The zero-order chi connectivity index (χ0) is 12.7. The van der Waals surface area contributed by atoms with Gasteiger partial charge >= 0.3 is 5.97 Å². The lowest BCUT2D eigenvalue weighted by atomic mass is 10.1. The molecule has 0 spiro atoms. The number of hydrogen-bond donors (Lipinski definition) is 0. The smallest absolute Gasteiger partial charge is 0.317 e. The number of benzene rings is 1. The van der Waals surface area contributed by atoms with Gasteiger partial charge in [-0.3, -0.25) is 4.79 Å². The van der Waals surface area contributed by atoms with Crippen molar-refractivity contribution in [3.05, 3.63) is 34.3 Å². The Kier molecular flexibility index (Phi) is 5.07. The molecular formula is C13H10ClNO2. The molecule has 0 aromatic heterocycles. The Morgan fingerprint density at radius 3 is 2.88 bits per heavy atom. The molecule has 0 heterocycles. The molecule has 1 rings (SSSR count). The lowest BCUT2D eigenvalue weighted by molar-refractivity contribution is -0.141. The van der Waals surface area contributed by atoms with E-state index < -0.39 is 0 Å². The van der Waals surface area contributed by atoms with Crippen molar-refractivity contribution < 1.29 is 9.53 Å². The summed E-state index contributed by atoms with van der Waals surface area (Å²) in [5.74, 6) is 5.02. The quantitative estimate of drug-likeness (QED) is 0.596. The summed E-state index contributed by atoms with van der Waals surface area (Å²) in [6.45, 7) is 2.07. The van der Waals surface area contributed by atoms with Crippen LogP contribution in [0.1, 0.15) is 24.5 Å². The van der Waals surface area contributed by atoms with E-state index in [-0.39, 0.29) is 12.4 Å². The summed E-state index contributed by atoms with van der Waals surface area (Å²) < 4.78 is 4.73. The van der Waals surface area contributed by atoms with Crippen LogP contribution >= 0.6 is 11.6 Å². The topological polar surface area (TPSA) is 50.1 Å². The van der Waals surface area contributed by atoms with Crippen molar-refractivity contribution in [2.45, 2.75) is 13.3 Å². The van der Waals surface area contributed by atoms with E-state index in [1.165, 1.54) is 0 Å². The van der Waals surface area contributed by atoms with Gasteiger partial charge in [-0.1, -0.05) is 23.4 Å². The number of carbonyl (C=O) groups is 1. The van der Waals surface area contributed by atoms with Crippen molar-refractivity contribution in [1.29, 1.82) is 5.26 Å². The summed E-state index contributed by atoms with van der Waals surface area (Å²) in [6.07, 6.45) is 0.00518. The van der Waals surface area contributed by atoms with Crippen molar-refractivity contribution in [2.75, 3.05) is 6.61 Å². The van der Waals surface area contributed by atoms with Gasteiger partial charge in [-0.15, -0.1) is 0 Å². The van der Waals surface area contributed by atoms with Crippen LogP contribution in [0.4, 0.5) is 0 Å². The molecule has 4 heteroatoms. The molecule has 0 amide bonds. The molecule has 17 heavy (non-hydrogen) atoms. The second kappa shape index (κ2) is 6.58. The average molecular weight is 248 g/mol. The van der Waals surface area contributed by atoms with Crippen LogP contribution in [0.5, 0.6) is 0 Å². The van der Waals surface area contributed by atoms with E-state index in [9.17, 15) is 4.79 Å². The minimum atomic E-state index is -0.375. The second-order valence-electron chi connectivity index (χ2n) is 3.09. The molecule has 0 aliphatic heterocycles. The highest BCUT2D eigenvalue weighted by Crippen LogP contribution is 2.14. The summed E-state index contributed by atoms with van der Waals surface area (Å²) in [7, 11) is 0. The van der Waals surface area contributed by atoms with E-state index in [2.05, 4.69) is 11.8 Å². The first-order valence-corrected chi connectivity index (χ1v) is 5.39. The first-order valence-electron chi connectivity index (χ1n) is 5.01. The summed E-state index contributed by atoms with van der Waals surface area (Å²) in [5.41, 5.74) is 0.954. The molecule has 3 nitrogen and oxygen atoms in total. The summed E-state index contributed by atoms with van der Waals surface area (Å²) in [5, 5.41) is 9.35. The molecule has 0 saturated carbocycles. The van der Waals surface area contributed by atoms with Gasteiger partial charge in [-0.05, 0) is 25.1 Å². The third-order valence-electron chi connectivity index (χ3n) is 1.86. The molecular weight excluding hydrogens is 238 g/mol. The monoisotopic (exact) mass is 247 g/mol. The predicted octanol–water partition coefficient (Wildman–Crippen LogP) is 2.52. The Balaban J connectivity index is 2.81. The van der Waals surface area contributed by atoms with Gasteiger partial charge in [0.15, 0.2) is 0 Å². The maximum absolute atomic E-state index is 11.0. The number of hydrogen-bond acceptors (Lipinski definition) is 3. The van der Waals surface area contributed by atoms with Gasteiger partial charge in [0.05, 0.1) is 12.2 Å². The Morgan fingerprint density at radius 1 is 1.47 bits per heavy atom. The van der Waals surface area contributed by atoms with Gasteiger partial charge in [0.1, 0.15) is 12.5 Å². The molecule has 86 valence electrons. The molecule has 0 radical (unpaired) electrons. The standard InChI is InChI=1S/C13H10ClNO2/c1-2-17-13(16)5-3-4-10-8-12(14)7-6-11(10)9-15/h6-8H,2,5H2,1H3. The molecule has 0 N–H and O–H groups in total. The zero-order valence-electron chi connectivity index (χ0n) is 9.29. The van der Waals surface area contributed by atoms with Crippen LogP contribution in [0.15, 0.2) is 18.2 Å². The van der Waals surface area contributed by atoms with Gasteiger partial charge in [-0.25, -0.2) is 0 Å². The first kappa shape index (κ1) is 13.1. The number of nitrogens with zero attached hydrogens (tertiary/aromatic N) is 1. The van der Waals surface area contributed by atoms with Gasteiger partial charge in [-0.2, -0.15) is 5.26 Å². The average Bonchev–Trinajstić information content (AvgIpc) is 2.30. The first-order chi connectivity index (χ1) is 8.17. The SMILES string of the molecule is CCOC(=O)CC#Cc1cc(Cl)ccc1C#N. The highest BCUT2D eigenvalue weighted by molar-refractivity contribution is 6.30. The molecule has 0 atom stereocenters. The largest absolute Gasteiger partial charge is 0.465 e. The van der Waals surface area contributed by atoms with Crippen LogP contribution in [-0.2, 0) is 9.53 Å². The van der Waals surface area contributed by atoms with Crippen molar-refractivity contribution in [2.24, 2.45) is 0 Å². The molecule has 1 aromatic rings. The van der Waals surface area contributed by atoms with E-state index >= 15 is 0 Å². The third-order valence-corrected chi connectivity index (χ3v) is 2.10. The Labute approximate surface area is 105 Å². The number of carbonyl (C=O) groups excluding carboxylic acids is 1. The molecule has 0 unspecified atom stereocenters. The minimum Gasteiger partial charge on any atom is -0.465 e. The van der Waals surface area contributed by atoms with Gasteiger partial charge in [0, 0.05) is 10.6 Å². The summed E-state index contributed by atoms with van der Waals surface area (Å²) >= 11 is 5.80. The molecule has 0 bridgehead atoms. The highest BCUT2D eigenvalue weighted by atomic mass is 35.5. The Morgan fingerprint density at radius 2 is 2.24 bits per heavy atom. The fourth-order valence-electron chi connectivity index (χ4n) is 1.14. The van der Waals surface area contributed by atoms with E-state index in [1.54, 1.807) is 25.1 Å². The number of ether oxygens (including phenoxy) is 1. The highest BCUT2D eigenvalue weighted by Gasteiger charge is 2.00. The van der Waals surface area contributed by atoms with Crippen molar-refractivity contribution >= 4 is 17.6 Å². The van der Waals surface area contributed by atoms with Crippen molar-refractivity contribution in [3.8, 4) is 17.9 Å².